The van der Waals surface area contributed by atoms with Crippen molar-refractivity contribution in [1.29, 1.82) is 0 Å². The minimum atomic E-state index is -0.617. The summed E-state index contributed by atoms with van der Waals surface area (Å²) in [6.07, 6.45) is 0.0358. The van der Waals surface area contributed by atoms with Crippen molar-refractivity contribution in [2.75, 3.05) is 6.61 Å². The van der Waals surface area contributed by atoms with Crippen molar-refractivity contribution in [2.45, 2.75) is 6.42 Å². The Morgan fingerprint density at radius 1 is 0.742 bits per heavy atom. The number of carbonyl (C=O) groups is 3. The van der Waals surface area contributed by atoms with Crippen LogP contribution in [0.1, 0.15) is 26.3 Å². The molecular weight excluding hydrogens is 463 g/mol. The third-order valence-corrected chi connectivity index (χ3v) is 5.16. The molecule has 0 radical (unpaired) electrons. The maximum atomic E-state index is 12.2. The summed E-state index contributed by atoms with van der Waals surface area (Å²) < 4.78 is 10.3. The normalized spacial score (nSPS) is 10.4. The first kappa shape index (κ1) is 22.8. The Labute approximate surface area is 193 Å². The maximum Gasteiger partial charge on any atom is 0.343 e. The van der Waals surface area contributed by atoms with E-state index in [2.05, 4.69) is 0 Å². The van der Waals surface area contributed by atoms with E-state index in [0.29, 0.717) is 15.6 Å². The van der Waals surface area contributed by atoms with Crippen molar-refractivity contribution in [3.05, 3.63) is 98.5 Å². The number of halogens is 3. The van der Waals surface area contributed by atoms with Crippen LogP contribution in [0.25, 0.3) is 0 Å². The number of benzene rings is 3. The van der Waals surface area contributed by atoms with Crippen LogP contribution >= 0.6 is 34.8 Å². The molecule has 0 saturated carbocycles. The molecule has 158 valence electrons. The highest BCUT2D eigenvalue weighted by atomic mass is 35.5. The molecule has 0 N–H and O–H groups in total. The SMILES string of the molecule is O=C(Cc1ccc(Cl)cc1)OCC(=O)c1ccc(OC(=O)c2ccc(Cl)c(Cl)c2)cc1. The van der Waals surface area contributed by atoms with Crippen LogP contribution in [0, 0.1) is 0 Å². The van der Waals surface area contributed by atoms with E-state index in [1.807, 2.05) is 0 Å². The van der Waals surface area contributed by atoms with Crippen molar-refractivity contribution >= 4 is 52.5 Å². The molecule has 0 fully saturated rings. The van der Waals surface area contributed by atoms with Gasteiger partial charge in [-0.2, -0.15) is 0 Å². The van der Waals surface area contributed by atoms with Gasteiger partial charge < -0.3 is 9.47 Å². The molecule has 0 bridgehead atoms. The van der Waals surface area contributed by atoms with E-state index in [4.69, 9.17) is 44.3 Å². The molecule has 5 nitrogen and oxygen atoms in total. The van der Waals surface area contributed by atoms with Crippen LogP contribution in [0.2, 0.25) is 15.1 Å². The van der Waals surface area contributed by atoms with Crippen LogP contribution in [0.15, 0.2) is 66.7 Å². The van der Waals surface area contributed by atoms with Gasteiger partial charge in [-0.3, -0.25) is 9.59 Å². The minimum absolute atomic E-state index is 0.0358. The Balaban J connectivity index is 1.52. The zero-order valence-electron chi connectivity index (χ0n) is 15.9. The standard InChI is InChI=1S/C23H15Cl3O5/c24-17-6-1-14(2-7-17)11-22(28)30-13-21(27)15-3-8-18(9-4-15)31-23(29)16-5-10-19(25)20(26)12-16/h1-10,12H,11,13H2. The lowest BCUT2D eigenvalue weighted by Crippen LogP contribution is -2.15. The number of Topliss-reactive ketones (excluding diaryl/α,β-unsaturated/α-hetero) is 1. The Morgan fingerprint density at radius 3 is 2.03 bits per heavy atom. The van der Waals surface area contributed by atoms with Crippen LogP contribution in [-0.4, -0.2) is 24.3 Å². The Hall–Kier alpha value is -2.86. The molecule has 3 rings (SSSR count). The minimum Gasteiger partial charge on any atom is -0.457 e. The molecule has 0 saturated heterocycles. The third-order valence-electron chi connectivity index (χ3n) is 4.17. The van der Waals surface area contributed by atoms with Gasteiger partial charge in [-0.15, -0.1) is 0 Å². The van der Waals surface area contributed by atoms with Gasteiger partial charge in [0, 0.05) is 10.6 Å². The molecule has 0 aliphatic heterocycles. The van der Waals surface area contributed by atoms with Gasteiger partial charge in [-0.25, -0.2) is 4.79 Å². The summed E-state index contributed by atoms with van der Waals surface area (Å²) in [5.41, 5.74) is 1.28. The van der Waals surface area contributed by atoms with E-state index in [1.165, 1.54) is 42.5 Å². The maximum absolute atomic E-state index is 12.2. The molecule has 0 amide bonds. The first-order chi connectivity index (χ1) is 14.8. The Bertz CT molecular complexity index is 1110. The van der Waals surface area contributed by atoms with Crippen LogP contribution in [0.3, 0.4) is 0 Å². The van der Waals surface area contributed by atoms with E-state index in [9.17, 15) is 14.4 Å². The quantitative estimate of drug-likeness (QED) is 0.243. The lowest BCUT2D eigenvalue weighted by molar-refractivity contribution is -0.141. The zero-order chi connectivity index (χ0) is 22.4. The molecule has 0 aliphatic rings. The molecule has 8 heteroatoms. The van der Waals surface area contributed by atoms with Crippen molar-refractivity contribution < 1.29 is 23.9 Å². The average Bonchev–Trinajstić information content (AvgIpc) is 2.76. The molecule has 3 aromatic carbocycles. The molecule has 0 atom stereocenters. The summed E-state index contributed by atoms with van der Waals surface area (Å²) in [5.74, 6) is -1.28. The number of ketones is 1. The van der Waals surface area contributed by atoms with Gasteiger partial charge >= 0.3 is 11.9 Å². The molecule has 0 heterocycles. The van der Waals surface area contributed by atoms with Gasteiger partial charge in [0.1, 0.15) is 5.75 Å². The second-order valence-electron chi connectivity index (χ2n) is 6.43. The number of hydrogen-bond donors (Lipinski definition) is 0. The highest BCUT2D eigenvalue weighted by Gasteiger charge is 2.13. The van der Waals surface area contributed by atoms with Gasteiger partial charge in [0.2, 0.25) is 0 Å². The van der Waals surface area contributed by atoms with Gasteiger partial charge in [0.25, 0.3) is 0 Å². The molecule has 31 heavy (non-hydrogen) atoms. The first-order valence-corrected chi connectivity index (χ1v) is 10.2. The molecule has 3 aromatic rings. The van der Waals surface area contributed by atoms with Gasteiger partial charge in [-0.05, 0) is 60.2 Å². The Morgan fingerprint density at radius 2 is 1.39 bits per heavy atom. The van der Waals surface area contributed by atoms with Crippen LogP contribution in [-0.2, 0) is 16.0 Å². The van der Waals surface area contributed by atoms with E-state index in [-0.39, 0.29) is 28.5 Å². The van der Waals surface area contributed by atoms with Gasteiger partial charge in [-0.1, -0.05) is 46.9 Å². The largest absolute Gasteiger partial charge is 0.457 e. The fourth-order valence-corrected chi connectivity index (χ4v) is 2.97. The summed E-state index contributed by atoms with van der Waals surface area (Å²) in [5, 5.41) is 1.14. The lowest BCUT2D eigenvalue weighted by atomic mass is 10.1. The van der Waals surface area contributed by atoms with Crippen molar-refractivity contribution in [3.8, 4) is 5.75 Å². The molecule has 0 unspecified atom stereocenters. The van der Waals surface area contributed by atoms with Gasteiger partial charge in [0.05, 0.1) is 22.0 Å². The summed E-state index contributed by atoms with van der Waals surface area (Å²) in [6, 6.07) is 17.1. The molecule has 0 aliphatic carbocycles. The number of hydrogen-bond acceptors (Lipinski definition) is 5. The lowest BCUT2D eigenvalue weighted by Gasteiger charge is -2.07. The van der Waals surface area contributed by atoms with E-state index in [0.717, 1.165) is 5.56 Å². The number of rotatable bonds is 7. The van der Waals surface area contributed by atoms with Crippen LogP contribution < -0.4 is 4.74 Å². The second-order valence-corrected chi connectivity index (χ2v) is 7.68. The van der Waals surface area contributed by atoms with Crippen molar-refractivity contribution in [1.82, 2.24) is 0 Å². The van der Waals surface area contributed by atoms with E-state index < -0.39 is 18.5 Å². The fraction of sp³-hybridized carbons (Fsp3) is 0.0870. The predicted octanol–water partition coefficient (Wildman–Crippen LogP) is 5.83. The van der Waals surface area contributed by atoms with Crippen LogP contribution in [0.4, 0.5) is 0 Å². The first-order valence-electron chi connectivity index (χ1n) is 9.02. The third kappa shape index (κ3) is 6.56. The second kappa shape index (κ2) is 10.4. The Kier molecular flexibility index (Phi) is 7.69. The number of carbonyl (C=O) groups excluding carboxylic acids is 3. The molecule has 0 aromatic heterocycles. The number of esters is 2. The van der Waals surface area contributed by atoms with Crippen molar-refractivity contribution in [3.63, 3.8) is 0 Å². The fourth-order valence-electron chi connectivity index (χ4n) is 2.55. The summed E-state index contributed by atoms with van der Waals surface area (Å²) in [7, 11) is 0. The average molecular weight is 478 g/mol. The molecule has 0 spiro atoms. The van der Waals surface area contributed by atoms with Crippen LogP contribution in [0.5, 0.6) is 5.75 Å². The monoisotopic (exact) mass is 476 g/mol. The summed E-state index contributed by atoms with van der Waals surface area (Å²) in [4.78, 5) is 36.3. The highest BCUT2D eigenvalue weighted by Crippen LogP contribution is 2.23. The topological polar surface area (TPSA) is 69.7 Å². The van der Waals surface area contributed by atoms with E-state index >= 15 is 0 Å². The van der Waals surface area contributed by atoms with E-state index in [1.54, 1.807) is 24.3 Å². The highest BCUT2D eigenvalue weighted by molar-refractivity contribution is 6.42. The van der Waals surface area contributed by atoms with Crippen molar-refractivity contribution in [2.24, 2.45) is 0 Å². The number of ether oxygens (including phenoxy) is 2. The summed E-state index contributed by atoms with van der Waals surface area (Å²) >= 11 is 17.5. The van der Waals surface area contributed by atoms with Gasteiger partial charge in [0.15, 0.2) is 12.4 Å². The summed E-state index contributed by atoms with van der Waals surface area (Å²) in [6.45, 7) is -0.394. The smallest absolute Gasteiger partial charge is 0.343 e. The molecular formula is C23H15Cl3O5. The zero-order valence-corrected chi connectivity index (χ0v) is 18.2. The predicted molar refractivity (Wildman–Crippen MR) is 118 cm³/mol.